The molecule has 22 heavy (non-hydrogen) atoms. The number of urea groups is 1. The third kappa shape index (κ3) is 4.99. The number of hydrogen-bond acceptors (Lipinski definition) is 4. The highest BCUT2D eigenvalue weighted by Gasteiger charge is 2.08. The van der Waals surface area contributed by atoms with E-state index in [0.717, 1.165) is 0 Å². The zero-order valence-electron chi connectivity index (χ0n) is 11.4. The molecule has 0 fully saturated rings. The molecule has 0 aromatic heterocycles. The SMILES string of the molecule is O=C(NOC(=O)Cc1ccc(O)cc1)Nc1cccc(Cl)c1. The molecule has 2 aromatic carbocycles. The summed E-state index contributed by atoms with van der Waals surface area (Å²) in [6.45, 7) is 0. The Labute approximate surface area is 131 Å². The lowest BCUT2D eigenvalue weighted by molar-refractivity contribution is -0.147. The Balaban J connectivity index is 1.78. The van der Waals surface area contributed by atoms with Gasteiger partial charge in [0, 0.05) is 10.7 Å². The van der Waals surface area contributed by atoms with Crippen LogP contribution >= 0.6 is 11.6 Å². The van der Waals surface area contributed by atoms with E-state index in [9.17, 15) is 9.59 Å². The molecule has 0 saturated carbocycles. The van der Waals surface area contributed by atoms with Gasteiger partial charge in [-0.3, -0.25) is 0 Å². The second-order valence-corrected chi connectivity index (χ2v) is 4.82. The maximum Gasteiger partial charge on any atom is 0.352 e. The topological polar surface area (TPSA) is 87.7 Å². The van der Waals surface area contributed by atoms with E-state index in [-0.39, 0.29) is 12.2 Å². The molecule has 7 heteroatoms. The van der Waals surface area contributed by atoms with Gasteiger partial charge in [-0.05, 0) is 35.9 Å². The Bertz CT molecular complexity index is 673. The van der Waals surface area contributed by atoms with Crippen molar-refractivity contribution in [2.45, 2.75) is 6.42 Å². The molecule has 0 unspecified atom stereocenters. The summed E-state index contributed by atoms with van der Waals surface area (Å²) in [6.07, 6.45) is -0.0300. The molecular weight excluding hydrogens is 308 g/mol. The van der Waals surface area contributed by atoms with E-state index < -0.39 is 12.0 Å². The Morgan fingerprint density at radius 2 is 1.86 bits per heavy atom. The van der Waals surface area contributed by atoms with Crippen LogP contribution in [0.25, 0.3) is 0 Å². The molecule has 0 radical (unpaired) electrons. The maximum absolute atomic E-state index is 11.6. The van der Waals surface area contributed by atoms with Crippen molar-refractivity contribution in [2.75, 3.05) is 5.32 Å². The first-order chi connectivity index (χ1) is 10.5. The number of phenolic OH excluding ortho intramolecular Hbond substituents is 1. The van der Waals surface area contributed by atoms with Crippen molar-refractivity contribution in [3.63, 3.8) is 0 Å². The zero-order valence-corrected chi connectivity index (χ0v) is 12.1. The highest BCUT2D eigenvalue weighted by molar-refractivity contribution is 6.30. The van der Waals surface area contributed by atoms with E-state index in [0.29, 0.717) is 16.3 Å². The summed E-state index contributed by atoms with van der Waals surface area (Å²) < 4.78 is 0. The number of halogens is 1. The third-order valence-electron chi connectivity index (χ3n) is 2.62. The van der Waals surface area contributed by atoms with Gasteiger partial charge < -0.3 is 15.3 Å². The second-order valence-electron chi connectivity index (χ2n) is 4.38. The normalized spacial score (nSPS) is 9.86. The number of carbonyl (C=O) groups is 2. The molecule has 2 rings (SSSR count). The Morgan fingerprint density at radius 1 is 1.14 bits per heavy atom. The van der Waals surface area contributed by atoms with Crippen molar-refractivity contribution < 1.29 is 19.5 Å². The van der Waals surface area contributed by atoms with Gasteiger partial charge in [0.25, 0.3) is 0 Å². The lowest BCUT2D eigenvalue weighted by Crippen LogP contribution is -2.31. The largest absolute Gasteiger partial charge is 0.508 e. The molecule has 6 nitrogen and oxygen atoms in total. The minimum Gasteiger partial charge on any atom is -0.508 e. The molecule has 2 aromatic rings. The first kappa shape index (κ1) is 15.7. The number of rotatable bonds is 3. The van der Waals surface area contributed by atoms with Gasteiger partial charge in [0.1, 0.15) is 5.75 Å². The Hall–Kier alpha value is -2.73. The molecular formula is C15H13ClN2O4. The smallest absolute Gasteiger partial charge is 0.352 e. The van der Waals surface area contributed by atoms with E-state index >= 15 is 0 Å². The summed E-state index contributed by atoms with van der Waals surface area (Å²) in [7, 11) is 0. The molecule has 0 spiro atoms. The van der Waals surface area contributed by atoms with Crippen LogP contribution in [0, 0.1) is 0 Å². The van der Waals surface area contributed by atoms with E-state index in [1.807, 2.05) is 5.48 Å². The average Bonchev–Trinajstić information content (AvgIpc) is 2.48. The highest BCUT2D eigenvalue weighted by atomic mass is 35.5. The number of anilines is 1. The molecule has 0 aliphatic carbocycles. The fourth-order valence-electron chi connectivity index (χ4n) is 1.64. The van der Waals surface area contributed by atoms with E-state index in [4.69, 9.17) is 16.7 Å². The van der Waals surface area contributed by atoms with Crippen LogP contribution in [0.15, 0.2) is 48.5 Å². The number of amides is 2. The number of hydroxylamine groups is 1. The van der Waals surface area contributed by atoms with Crippen LogP contribution in [0.4, 0.5) is 10.5 Å². The van der Waals surface area contributed by atoms with Gasteiger partial charge >= 0.3 is 12.0 Å². The summed E-state index contributed by atoms with van der Waals surface area (Å²) in [5, 5.41) is 12.1. The fourth-order valence-corrected chi connectivity index (χ4v) is 1.83. The summed E-state index contributed by atoms with van der Waals surface area (Å²) >= 11 is 5.78. The first-order valence-electron chi connectivity index (χ1n) is 6.33. The van der Waals surface area contributed by atoms with E-state index in [1.165, 1.54) is 12.1 Å². The molecule has 0 aliphatic heterocycles. The fraction of sp³-hybridized carbons (Fsp3) is 0.0667. The van der Waals surface area contributed by atoms with Gasteiger partial charge in [0.15, 0.2) is 0 Å². The van der Waals surface area contributed by atoms with Crippen molar-refractivity contribution in [1.82, 2.24) is 5.48 Å². The quantitative estimate of drug-likeness (QED) is 0.759. The van der Waals surface area contributed by atoms with E-state index in [2.05, 4.69) is 10.2 Å². The van der Waals surface area contributed by atoms with Crippen LogP contribution in [0.1, 0.15) is 5.56 Å². The average molecular weight is 321 g/mol. The number of hydrogen-bond donors (Lipinski definition) is 3. The maximum atomic E-state index is 11.6. The van der Waals surface area contributed by atoms with Crippen molar-refractivity contribution in [3.8, 4) is 5.75 Å². The van der Waals surface area contributed by atoms with Gasteiger partial charge in [-0.2, -0.15) is 5.48 Å². The van der Waals surface area contributed by atoms with Gasteiger partial charge in [-0.25, -0.2) is 9.59 Å². The van der Waals surface area contributed by atoms with Crippen LogP contribution in [-0.4, -0.2) is 17.1 Å². The lowest BCUT2D eigenvalue weighted by atomic mass is 10.1. The number of aromatic hydroxyl groups is 1. The number of carbonyl (C=O) groups excluding carboxylic acids is 2. The minimum absolute atomic E-state index is 0.0300. The van der Waals surface area contributed by atoms with Crippen LogP contribution in [0.3, 0.4) is 0 Å². The molecule has 3 N–H and O–H groups in total. The van der Waals surface area contributed by atoms with Gasteiger partial charge in [-0.1, -0.05) is 29.8 Å². The van der Waals surface area contributed by atoms with Crippen molar-refractivity contribution in [1.29, 1.82) is 0 Å². The van der Waals surface area contributed by atoms with Crippen LogP contribution in [0.5, 0.6) is 5.75 Å². The summed E-state index contributed by atoms with van der Waals surface area (Å²) in [4.78, 5) is 27.8. The highest BCUT2D eigenvalue weighted by Crippen LogP contribution is 2.14. The molecule has 0 bridgehead atoms. The van der Waals surface area contributed by atoms with Gasteiger partial charge in [0.2, 0.25) is 0 Å². The number of benzene rings is 2. The molecule has 114 valence electrons. The molecule has 0 saturated heterocycles. The summed E-state index contributed by atoms with van der Waals surface area (Å²) in [5.74, 6) is -0.525. The Kier molecular flexibility index (Phi) is 5.21. The molecule has 0 atom stereocenters. The predicted molar refractivity (Wildman–Crippen MR) is 81.5 cm³/mol. The second kappa shape index (κ2) is 7.33. The zero-order chi connectivity index (χ0) is 15.9. The van der Waals surface area contributed by atoms with E-state index in [1.54, 1.807) is 36.4 Å². The first-order valence-corrected chi connectivity index (χ1v) is 6.71. The van der Waals surface area contributed by atoms with Crippen molar-refractivity contribution in [2.24, 2.45) is 0 Å². The van der Waals surface area contributed by atoms with Crippen LogP contribution in [0.2, 0.25) is 5.02 Å². The number of phenols is 1. The summed E-state index contributed by atoms with van der Waals surface area (Å²) in [6, 6.07) is 11.9. The molecule has 2 amide bonds. The third-order valence-corrected chi connectivity index (χ3v) is 2.86. The standard InChI is InChI=1S/C15H13ClN2O4/c16-11-2-1-3-12(9-11)17-15(21)18-22-14(20)8-10-4-6-13(19)7-5-10/h1-7,9,19H,8H2,(H2,17,18,21). The van der Waals surface area contributed by atoms with Crippen LogP contribution < -0.4 is 10.8 Å². The summed E-state index contributed by atoms with van der Waals surface area (Å²) in [5.41, 5.74) is 3.11. The van der Waals surface area contributed by atoms with Gasteiger partial charge in [-0.15, -0.1) is 0 Å². The molecule has 0 aliphatic rings. The predicted octanol–water partition coefficient (Wildman–Crippen LogP) is 2.87. The Morgan fingerprint density at radius 3 is 2.55 bits per heavy atom. The minimum atomic E-state index is -0.693. The monoisotopic (exact) mass is 320 g/mol. The van der Waals surface area contributed by atoms with Gasteiger partial charge in [0.05, 0.1) is 6.42 Å². The molecule has 0 heterocycles. The lowest BCUT2D eigenvalue weighted by Gasteiger charge is -2.08. The number of nitrogens with one attached hydrogen (secondary N) is 2. The van der Waals surface area contributed by atoms with Crippen molar-refractivity contribution >= 4 is 29.3 Å². The van der Waals surface area contributed by atoms with Crippen LogP contribution in [-0.2, 0) is 16.1 Å². The van der Waals surface area contributed by atoms with Crippen molar-refractivity contribution in [3.05, 3.63) is 59.1 Å².